The molecule has 0 aliphatic carbocycles. The Balaban J connectivity index is 1.68. The molecule has 0 radical (unpaired) electrons. The molecule has 0 N–H and O–H groups in total. The average Bonchev–Trinajstić information content (AvgIpc) is 3.22. The van der Waals surface area contributed by atoms with Crippen molar-refractivity contribution in [2.75, 3.05) is 0 Å². The standard InChI is InChI=1S/C17H20N4S2/c1-4-13-5-7-14(8-6-13)16-19-15(9-22-16)10-23-17-20-18-11-21(17)12(2)3/h5-9,11-12H,4,10H2,1-3H3. The third kappa shape index (κ3) is 3.82. The lowest BCUT2D eigenvalue weighted by atomic mass is 10.1. The van der Waals surface area contributed by atoms with E-state index in [1.807, 2.05) is 0 Å². The highest BCUT2D eigenvalue weighted by Gasteiger charge is 2.10. The Bertz CT molecular complexity index is 759. The smallest absolute Gasteiger partial charge is 0.191 e. The van der Waals surface area contributed by atoms with Crippen molar-refractivity contribution in [3.05, 3.63) is 47.2 Å². The predicted octanol–water partition coefficient (Wildman–Crippen LogP) is 4.84. The zero-order valence-electron chi connectivity index (χ0n) is 13.6. The molecule has 0 saturated carbocycles. The first-order valence-electron chi connectivity index (χ1n) is 7.73. The maximum Gasteiger partial charge on any atom is 0.191 e. The van der Waals surface area contributed by atoms with Crippen molar-refractivity contribution < 1.29 is 0 Å². The summed E-state index contributed by atoms with van der Waals surface area (Å²) in [5.74, 6) is 0.814. The van der Waals surface area contributed by atoms with Crippen LogP contribution in [-0.4, -0.2) is 19.7 Å². The summed E-state index contributed by atoms with van der Waals surface area (Å²) in [6, 6.07) is 9.04. The van der Waals surface area contributed by atoms with Crippen LogP contribution in [0.3, 0.4) is 0 Å². The Kier molecular flexibility index (Phi) is 5.13. The molecule has 0 amide bonds. The number of hydrogen-bond acceptors (Lipinski definition) is 5. The third-order valence-corrected chi connectivity index (χ3v) is 5.54. The first-order chi connectivity index (χ1) is 11.2. The molecule has 3 aromatic rings. The van der Waals surface area contributed by atoms with Crippen molar-refractivity contribution in [1.29, 1.82) is 0 Å². The van der Waals surface area contributed by atoms with Crippen LogP contribution in [0.4, 0.5) is 0 Å². The molecule has 1 aromatic carbocycles. The average molecular weight is 345 g/mol. The minimum Gasteiger partial charge on any atom is -0.306 e. The first kappa shape index (κ1) is 16.2. The second-order valence-electron chi connectivity index (χ2n) is 5.60. The number of aromatic nitrogens is 4. The van der Waals surface area contributed by atoms with Crippen molar-refractivity contribution in [2.45, 2.75) is 44.1 Å². The van der Waals surface area contributed by atoms with Gasteiger partial charge in [0.15, 0.2) is 5.16 Å². The third-order valence-electron chi connectivity index (χ3n) is 3.61. The summed E-state index contributed by atoms with van der Waals surface area (Å²) >= 11 is 3.38. The summed E-state index contributed by atoms with van der Waals surface area (Å²) in [5.41, 5.74) is 3.63. The van der Waals surface area contributed by atoms with E-state index in [-0.39, 0.29) is 0 Å². The van der Waals surface area contributed by atoms with Crippen LogP contribution in [0.15, 0.2) is 41.1 Å². The van der Waals surface area contributed by atoms with E-state index in [2.05, 4.69) is 65.2 Å². The number of thioether (sulfide) groups is 1. The van der Waals surface area contributed by atoms with Crippen molar-refractivity contribution in [3.8, 4) is 10.6 Å². The van der Waals surface area contributed by atoms with Gasteiger partial charge in [-0.15, -0.1) is 21.5 Å². The molecule has 23 heavy (non-hydrogen) atoms. The van der Waals surface area contributed by atoms with E-state index in [0.717, 1.165) is 28.0 Å². The lowest BCUT2D eigenvalue weighted by Gasteiger charge is -2.08. The Labute approximate surface area is 145 Å². The molecule has 0 aliphatic heterocycles. The van der Waals surface area contributed by atoms with Crippen molar-refractivity contribution in [3.63, 3.8) is 0 Å². The van der Waals surface area contributed by atoms with Crippen LogP contribution >= 0.6 is 23.1 Å². The molecule has 0 spiro atoms. The molecule has 2 aromatic heterocycles. The second-order valence-corrected chi connectivity index (χ2v) is 7.40. The van der Waals surface area contributed by atoms with Gasteiger partial charge < -0.3 is 4.57 Å². The van der Waals surface area contributed by atoms with Gasteiger partial charge >= 0.3 is 0 Å². The van der Waals surface area contributed by atoms with Gasteiger partial charge in [0, 0.05) is 22.7 Å². The van der Waals surface area contributed by atoms with Gasteiger partial charge in [-0.05, 0) is 25.8 Å². The van der Waals surface area contributed by atoms with Gasteiger partial charge in [0.2, 0.25) is 0 Å². The molecule has 3 rings (SSSR count). The first-order valence-corrected chi connectivity index (χ1v) is 9.60. The Morgan fingerprint density at radius 1 is 1.22 bits per heavy atom. The summed E-state index contributed by atoms with van der Waals surface area (Å²) in [6.45, 7) is 6.44. The van der Waals surface area contributed by atoms with Crippen molar-refractivity contribution in [2.24, 2.45) is 0 Å². The molecule has 120 valence electrons. The van der Waals surface area contributed by atoms with Crippen LogP contribution in [0.5, 0.6) is 0 Å². The molecule has 2 heterocycles. The van der Waals surface area contributed by atoms with Gasteiger partial charge in [0.1, 0.15) is 11.3 Å². The Morgan fingerprint density at radius 2 is 2.00 bits per heavy atom. The van der Waals surface area contributed by atoms with Crippen molar-refractivity contribution >= 4 is 23.1 Å². The van der Waals surface area contributed by atoms with Crippen LogP contribution in [0, 0.1) is 0 Å². The minimum absolute atomic E-state index is 0.371. The Morgan fingerprint density at radius 3 is 2.70 bits per heavy atom. The summed E-state index contributed by atoms with van der Waals surface area (Å²) in [5, 5.41) is 12.3. The summed E-state index contributed by atoms with van der Waals surface area (Å²) < 4.78 is 2.08. The maximum atomic E-state index is 4.75. The molecule has 6 heteroatoms. The normalized spacial score (nSPS) is 11.3. The van der Waals surface area contributed by atoms with E-state index >= 15 is 0 Å². The zero-order valence-corrected chi connectivity index (χ0v) is 15.2. The summed E-state index contributed by atoms with van der Waals surface area (Å²) in [4.78, 5) is 4.75. The summed E-state index contributed by atoms with van der Waals surface area (Å²) in [7, 11) is 0. The molecule has 0 bridgehead atoms. The number of thiazole rings is 1. The molecular weight excluding hydrogens is 324 g/mol. The van der Waals surface area contributed by atoms with Crippen LogP contribution in [-0.2, 0) is 12.2 Å². The summed E-state index contributed by atoms with van der Waals surface area (Å²) in [6.07, 6.45) is 2.85. The molecule has 0 fully saturated rings. The van der Waals surface area contributed by atoms with Gasteiger partial charge in [-0.1, -0.05) is 43.0 Å². The predicted molar refractivity (Wildman–Crippen MR) is 96.9 cm³/mol. The van der Waals surface area contributed by atoms with E-state index in [1.165, 1.54) is 11.1 Å². The largest absolute Gasteiger partial charge is 0.306 e. The number of rotatable bonds is 6. The monoisotopic (exact) mass is 344 g/mol. The fraction of sp³-hybridized carbons (Fsp3) is 0.353. The number of nitrogens with zero attached hydrogens (tertiary/aromatic N) is 4. The van der Waals surface area contributed by atoms with Gasteiger partial charge in [0.25, 0.3) is 0 Å². The highest BCUT2D eigenvalue weighted by molar-refractivity contribution is 7.98. The van der Waals surface area contributed by atoms with E-state index < -0.39 is 0 Å². The molecule has 4 nitrogen and oxygen atoms in total. The number of aryl methyl sites for hydroxylation is 1. The fourth-order valence-corrected chi connectivity index (χ4v) is 4.08. The molecule has 0 aliphatic rings. The zero-order chi connectivity index (χ0) is 16.2. The second kappa shape index (κ2) is 7.27. The van der Waals surface area contributed by atoms with E-state index in [0.29, 0.717) is 6.04 Å². The van der Waals surface area contributed by atoms with E-state index in [9.17, 15) is 0 Å². The molecule has 0 atom stereocenters. The van der Waals surface area contributed by atoms with Gasteiger partial charge in [-0.2, -0.15) is 0 Å². The molecular formula is C17H20N4S2. The van der Waals surface area contributed by atoms with Gasteiger partial charge in [-0.25, -0.2) is 4.98 Å². The van der Waals surface area contributed by atoms with Crippen LogP contribution < -0.4 is 0 Å². The highest BCUT2D eigenvalue weighted by Crippen LogP contribution is 2.28. The maximum absolute atomic E-state index is 4.75. The molecule has 0 unspecified atom stereocenters. The molecule has 0 saturated heterocycles. The van der Waals surface area contributed by atoms with Crippen molar-refractivity contribution in [1.82, 2.24) is 19.7 Å². The fourth-order valence-electron chi connectivity index (χ4n) is 2.22. The van der Waals surface area contributed by atoms with Gasteiger partial charge in [0.05, 0.1) is 5.69 Å². The van der Waals surface area contributed by atoms with Crippen LogP contribution in [0.2, 0.25) is 0 Å². The van der Waals surface area contributed by atoms with Gasteiger partial charge in [-0.3, -0.25) is 0 Å². The Hall–Kier alpha value is -1.66. The lowest BCUT2D eigenvalue weighted by Crippen LogP contribution is -2.00. The van der Waals surface area contributed by atoms with E-state index in [4.69, 9.17) is 4.98 Å². The minimum atomic E-state index is 0.371. The number of benzene rings is 1. The SMILES string of the molecule is CCc1ccc(-c2nc(CSc3nncn3C(C)C)cs2)cc1. The van der Waals surface area contributed by atoms with Crippen LogP contribution in [0.1, 0.15) is 38.1 Å². The quantitative estimate of drug-likeness (QED) is 0.600. The lowest BCUT2D eigenvalue weighted by molar-refractivity contribution is 0.549. The van der Waals surface area contributed by atoms with E-state index in [1.54, 1.807) is 29.4 Å². The topological polar surface area (TPSA) is 43.6 Å². The van der Waals surface area contributed by atoms with Crippen LogP contribution in [0.25, 0.3) is 10.6 Å². The highest BCUT2D eigenvalue weighted by atomic mass is 32.2. The number of hydrogen-bond donors (Lipinski definition) is 0.